The van der Waals surface area contributed by atoms with E-state index in [2.05, 4.69) is 89.6 Å². The molecule has 0 N–H and O–H groups in total. The van der Waals surface area contributed by atoms with Gasteiger partial charge in [0.2, 0.25) is 0 Å². The number of unbranched alkanes of at least 4 members (excludes halogenated alkanes) is 1. The summed E-state index contributed by atoms with van der Waals surface area (Å²) in [5, 5.41) is 89.8. The van der Waals surface area contributed by atoms with Crippen LogP contribution in [0.2, 0.25) is 0 Å². The molecule has 2 spiro atoms. The van der Waals surface area contributed by atoms with Gasteiger partial charge >= 0.3 is 0 Å². The minimum absolute atomic E-state index is 0.0979. The standard InChI is InChI=1S/C85H26N2OS/c1-86-18-84-79-71-63-53-43-35-27-25-26-29-33-31(27)39-47-41(33)51-45-37(29)38-30(26)34-32-28(25)36(35)44-50-40(32)48-42(34)52-46(38)56-55(45)67-61(51)69-59(47)65(57(63)49(39)43)73(79)75(69)81-77(67)78-68(56)62(52)70-60(48)66-58(50)64(54(44)53)72(71)80(84)74(66)76(70)82(78)85(81,84)83(86)19-12-14-20(15-13-19)88-17-7-6-16-87-21-8-2-4-10-23(21)89-24-11-5-3-9-22(24)87/h2-5,8-15,83H,6-7,16-18H2,1H3. The number of hydrogen-bond acceptors (Lipinski definition) is 4. The van der Waals surface area contributed by atoms with Crippen LogP contribution in [-0.4, -0.2) is 31.6 Å². The van der Waals surface area contributed by atoms with Crippen LogP contribution in [-0.2, 0) is 10.8 Å². The quantitative estimate of drug-likeness (QED) is 0.117. The number of fused-ring (bicyclic) bond motifs is 2. The highest BCUT2D eigenvalue weighted by atomic mass is 32.2. The predicted molar refractivity (Wildman–Crippen MR) is 374 cm³/mol. The largest absolute Gasteiger partial charge is 0.494 e. The summed E-state index contributed by atoms with van der Waals surface area (Å²) in [6.07, 6.45) is 2.05. The highest BCUT2D eigenvalue weighted by Gasteiger charge is 2.76. The molecule has 0 bridgehead atoms. The Hall–Kier alpha value is -9.97. The first-order valence-electron chi connectivity index (χ1n) is 33.1. The maximum atomic E-state index is 6.89. The molecule has 1 unspecified atom stereocenters. The van der Waals surface area contributed by atoms with Gasteiger partial charge in [-0.3, -0.25) is 4.90 Å². The van der Waals surface area contributed by atoms with E-state index in [4.69, 9.17) is 4.74 Å². The van der Waals surface area contributed by atoms with E-state index in [1.807, 2.05) is 11.8 Å². The molecule has 388 valence electrons. The van der Waals surface area contributed by atoms with Crippen molar-refractivity contribution in [3.63, 3.8) is 0 Å². The second-order valence-corrected chi connectivity index (χ2v) is 32.2. The second-order valence-electron chi connectivity index (χ2n) is 31.1. The zero-order chi connectivity index (χ0) is 54.1. The Balaban J connectivity index is 0.741. The number of nitrogens with zero attached hydrogens (tertiary/aromatic N) is 2. The molecule has 6 aliphatic rings. The van der Waals surface area contributed by atoms with Crippen molar-refractivity contribution in [2.24, 2.45) is 0 Å². The summed E-state index contributed by atoms with van der Waals surface area (Å²) in [7, 11) is 2.58. The van der Waals surface area contributed by atoms with Gasteiger partial charge in [-0.05, 0) is 375 Å². The van der Waals surface area contributed by atoms with Crippen molar-refractivity contribution in [2.45, 2.75) is 39.5 Å². The van der Waals surface area contributed by atoms with Crippen molar-refractivity contribution < 1.29 is 4.74 Å². The lowest BCUT2D eigenvalue weighted by atomic mass is 9.47. The van der Waals surface area contributed by atoms with Crippen LogP contribution in [0, 0.1) is 0 Å². The highest BCUT2D eigenvalue weighted by molar-refractivity contribution is 7.99. The smallest absolute Gasteiger partial charge is 0.119 e. The molecule has 0 saturated carbocycles. The number of ether oxygens (including phenoxy) is 1. The molecule has 89 heavy (non-hydrogen) atoms. The van der Waals surface area contributed by atoms with Crippen LogP contribution in [0.1, 0.15) is 46.7 Å². The van der Waals surface area contributed by atoms with Crippen molar-refractivity contribution in [2.75, 3.05) is 31.6 Å². The van der Waals surface area contributed by atoms with Crippen LogP contribution < -0.4 is 9.64 Å². The lowest BCUT2D eigenvalue weighted by Gasteiger charge is -2.52. The third kappa shape index (κ3) is 2.39. The van der Waals surface area contributed by atoms with Crippen LogP contribution >= 0.6 is 11.8 Å². The minimum Gasteiger partial charge on any atom is -0.494 e. The molecule has 1 saturated heterocycles. The number of para-hydroxylation sites is 2. The van der Waals surface area contributed by atoms with E-state index in [0.717, 1.165) is 31.7 Å². The third-order valence-corrected chi connectivity index (χ3v) is 30.8. The number of likely N-dealkylation sites (tertiary alicyclic amines) is 1. The van der Waals surface area contributed by atoms with Gasteiger partial charge < -0.3 is 9.64 Å². The topological polar surface area (TPSA) is 15.7 Å². The first kappa shape index (κ1) is 37.0. The Kier molecular flexibility index (Phi) is 3.91. The Bertz CT molecular complexity index is 8260. The van der Waals surface area contributed by atoms with Crippen molar-refractivity contribution in [3.05, 3.63) is 101 Å². The van der Waals surface area contributed by atoms with Gasteiger partial charge in [-0.1, -0.05) is 48.2 Å². The summed E-state index contributed by atoms with van der Waals surface area (Å²) in [6.45, 7) is 2.68. The lowest BCUT2D eigenvalue weighted by Crippen LogP contribution is -2.51. The average Bonchev–Trinajstić information content (AvgIpc) is 1.38. The zero-order valence-corrected chi connectivity index (χ0v) is 47.6. The van der Waals surface area contributed by atoms with E-state index >= 15 is 0 Å². The fourth-order valence-electron chi connectivity index (χ4n) is 28.9. The van der Waals surface area contributed by atoms with Gasteiger partial charge in [-0.25, -0.2) is 0 Å². The van der Waals surface area contributed by atoms with E-state index in [1.54, 1.807) is 313 Å². The molecule has 37 rings (SSSR count). The van der Waals surface area contributed by atoms with E-state index in [-0.39, 0.29) is 16.9 Å². The van der Waals surface area contributed by atoms with Gasteiger partial charge in [0, 0.05) is 28.9 Å². The molecule has 31 aromatic rings. The van der Waals surface area contributed by atoms with Crippen LogP contribution in [0.15, 0.2) is 82.6 Å². The summed E-state index contributed by atoms with van der Waals surface area (Å²) in [5.74, 6) is 0.993. The van der Waals surface area contributed by atoms with Crippen molar-refractivity contribution in [1.29, 1.82) is 0 Å². The van der Waals surface area contributed by atoms with Gasteiger partial charge in [0.25, 0.3) is 0 Å². The number of rotatable bonds is 7. The summed E-state index contributed by atoms with van der Waals surface area (Å²) in [5.41, 5.74) is 10.4. The first-order chi connectivity index (χ1) is 44.3. The average molecular weight is 1120 g/mol. The van der Waals surface area contributed by atoms with Crippen LogP contribution in [0.5, 0.6) is 5.75 Å². The molecular formula is C85H26N2OS. The van der Waals surface area contributed by atoms with Crippen LogP contribution in [0.4, 0.5) is 11.4 Å². The van der Waals surface area contributed by atoms with Gasteiger partial charge in [0.05, 0.1) is 28.8 Å². The molecule has 31 aromatic carbocycles. The van der Waals surface area contributed by atoms with Gasteiger partial charge in [-0.15, -0.1) is 0 Å². The third-order valence-electron chi connectivity index (χ3n) is 29.7. The maximum absolute atomic E-state index is 6.89. The molecule has 4 heteroatoms. The van der Waals surface area contributed by atoms with Gasteiger partial charge in [-0.2, -0.15) is 0 Å². The molecule has 1 fully saturated rings. The van der Waals surface area contributed by atoms with Gasteiger partial charge in [0.1, 0.15) is 5.75 Å². The molecule has 0 aromatic heterocycles. The van der Waals surface area contributed by atoms with E-state index in [1.165, 1.54) is 26.7 Å². The van der Waals surface area contributed by atoms with E-state index in [9.17, 15) is 0 Å². The van der Waals surface area contributed by atoms with Crippen molar-refractivity contribution in [3.8, 4) is 5.75 Å². The molecule has 1 atom stereocenters. The summed E-state index contributed by atoms with van der Waals surface area (Å²) in [4.78, 5) is 8.18. The normalized spacial score (nSPS) is 21.8. The minimum atomic E-state index is -0.375. The fraction of sp³-hybridized carbons (Fsp3) is 0.106. The molecule has 2 aliphatic heterocycles. The highest BCUT2D eigenvalue weighted by Crippen LogP contribution is 2.87. The van der Waals surface area contributed by atoms with Crippen LogP contribution in [0.25, 0.3) is 291 Å². The van der Waals surface area contributed by atoms with Crippen molar-refractivity contribution in [1.82, 2.24) is 4.90 Å². The Morgan fingerprint density at radius 1 is 0.337 bits per heavy atom. The predicted octanol–water partition coefficient (Wildman–Crippen LogP) is 22.4. The molecule has 4 aliphatic carbocycles. The molecule has 3 nitrogen and oxygen atoms in total. The Labute approximate surface area is 497 Å². The number of anilines is 2. The van der Waals surface area contributed by atoms with Crippen molar-refractivity contribution >= 4 is 314 Å². The fourth-order valence-corrected chi connectivity index (χ4v) is 30.0. The van der Waals surface area contributed by atoms with E-state index in [0.29, 0.717) is 6.61 Å². The van der Waals surface area contributed by atoms with Gasteiger partial charge in [0.15, 0.2) is 0 Å². The molecular weight excluding hydrogens is 1100 g/mol. The number of hydrogen-bond donors (Lipinski definition) is 0. The SMILES string of the molecule is CN1CC23c4c5c6c7c8c9c(c%10c%11c2c2c4c4c%12c5c5c6c6c8c8c%13c9c9c%10c%10c%11c%11c2c2c4c4c%12c%12c5c5c6c8c6c8c%13c9c9c%10c%10c%11c2c2c4c4c%12c5c6c5c8c9c%10c2c45)C73C1c1ccc(OCCCCN2c3ccccc3Sc3ccccc32)cc1. The number of benzene rings is 21. The van der Waals surface area contributed by atoms with Crippen LogP contribution in [0.3, 0.4) is 0 Å². The second kappa shape index (κ2) is 9.39. The zero-order valence-electron chi connectivity index (χ0n) is 46.8. The summed E-state index contributed by atoms with van der Waals surface area (Å²) in [6, 6.07) is 27.8. The Morgan fingerprint density at radius 3 is 0.933 bits per heavy atom. The lowest BCUT2D eigenvalue weighted by molar-refractivity contribution is 0.270. The first-order valence-corrected chi connectivity index (χ1v) is 33.9. The molecule has 0 radical (unpaired) electrons. The Morgan fingerprint density at radius 2 is 0.618 bits per heavy atom. The number of likely N-dealkylation sites (N-methyl/N-ethyl adjacent to an activating group) is 1. The van der Waals surface area contributed by atoms with E-state index < -0.39 is 0 Å². The molecule has 0 amide bonds. The molecule has 2 heterocycles. The monoisotopic (exact) mass is 1120 g/mol. The summed E-state index contributed by atoms with van der Waals surface area (Å²) < 4.78 is 6.89. The summed E-state index contributed by atoms with van der Waals surface area (Å²) >= 11 is 1.90. The maximum Gasteiger partial charge on any atom is 0.119 e.